The molecule has 4 aromatic heterocycles. The molecule has 0 aliphatic rings. The normalized spacial score (nSPS) is 11.2. The molecule has 0 amide bonds. The summed E-state index contributed by atoms with van der Waals surface area (Å²) < 4.78 is 0. The average molecular weight is 264 g/mol. The van der Waals surface area contributed by atoms with Crippen molar-refractivity contribution in [2.75, 3.05) is 0 Å². The third kappa shape index (κ3) is 1.57. The number of rotatable bonds is 1. The number of hydrogen-bond donors (Lipinski definition) is 2. The molecule has 96 valence electrons. The molecule has 0 unspecified atom stereocenters. The van der Waals surface area contributed by atoms with Crippen LogP contribution in [0.15, 0.2) is 41.7 Å². The van der Waals surface area contributed by atoms with Crippen molar-refractivity contribution in [3.8, 4) is 11.3 Å². The highest BCUT2D eigenvalue weighted by molar-refractivity contribution is 5.81. The van der Waals surface area contributed by atoms with Gasteiger partial charge < -0.3 is 4.98 Å². The lowest BCUT2D eigenvalue weighted by molar-refractivity contribution is 1.10. The summed E-state index contributed by atoms with van der Waals surface area (Å²) in [6.45, 7) is 0. The minimum Gasteiger partial charge on any atom is -0.311 e. The summed E-state index contributed by atoms with van der Waals surface area (Å²) in [7, 11) is 0. The number of pyridine rings is 2. The number of H-pyrrole nitrogens is 2. The molecule has 0 aliphatic heterocycles. The third-order valence-electron chi connectivity index (χ3n) is 3.08. The lowest BCUT2D eigenvalue weighted by atomic mass is 10.1. The van der Waals surface area contributed by atoms with E-state index in [1.807, 2.05) is 12.1 Å². The predicted molar refractivity (Wildman–Crippen MR) is 73.0 cm³/mol. The molecule has 0 radical (unpaired) electrons. The van der Waals surface area contributed by atoms with E-state index in [9.17, 15) is 4.79 Å². The second kappa shape index (κ2) is 3.95. The standard InChI is InChI=1S/C13H8N6O/c20-13-11-10(15-6-16-13)2-1-9(18-11)7-3-8-5-17-19-12(8)14-4-7/h1-6H,(H,14,17,19)(H,15,16,20). The summed E-state index contributed by atoms with van der Waals surface area (Å²) >= 11 is 0. The Kier molecular flexibility index (Phi) is 2.13. The molecule has 4 rings (SSSR count). The summed E-state index contributed by atoms with van der Waals surface area (Å²) in [5.74, 6) is 0. The maximum Gasteiger partial charge on any atom is 0.277 e. The Labute approximate surface area is 111 Å². The van der Waals surface area contributed by atoms with Crippen molar-refractivity contribution >= 4 is 22.1 Å². The van der Waals surface area contributed by atoms with Crippen molar-refractivity contribution in [1.82, 2.24) is 30.1 Å². The molecule has 0 bridgehead atoms. The largest absolute Gasteiger partial charge is 0.311 e. The van der Waals surface area contributed by atoms with Crippen LogP contribution in [0.1, 0.15) is 0 Å². The number of aromatic nitrogens is 6. The lowest BCUT2D eigenvalue weighted by Crippen LogP contribution is -2.08. The molecular weight excluding hydrogens is 256 g/mol. The molecular formula is C13H8N6O. The number of hydrogen-bond acceptors (Lipinski definition) is 5. The first-order chi connectivity index (χ1) is 9.81. The van der Waals surface area contributed by atoms with E-state index in [0.717, 1.165) is 10.9 Å². The van der Waals surface area contributed by atoms with Gasteiger partial charge in [-0.3, -0.25) is 9.89 Å². The summed E-state index contributed by atoms with van der Waals surface area (Å²) in [4.78, 5) is 27.0. The Morgan fingerprint density at radius 1 is 1.10 bits per heavy atom. The summed E-state index contributed by atoms with van der Waals surface area (Å²) in [6.07, 6.45) is 4.76. The van der Waals surface area contributed by atoms with Crippen LogP contribution in [-0.4, -0.2) is 30.1 Å². The van der Waals surface area contributed by atoms with Crippen molar-refractivity contribution in [2.45, 2.75) is 0 Å². The fourth-order valence-electron chi connectivity index (χ4n) is 2.09. The summed E-state index contributed by atoms with van der Waals surface area (Å²) in [6, 6.07) is 5.51. The molecule has 7 nitrogen and oxygen atoms in total. The van der Waals surface area contributed by atoms with Gasteiger partial charge in [-0.1, -0.05) is 0 Å². The van der Waals surface area contributed by atoms with Gasteiger partial charge in [0.15, 0.2) is 11.2 Å². The van der Waals surface area contributed by atoms with Crippen molar-refractivity contribution in [2.24, 2.45) is 0 Å². The molecule has 0 saturated carbocycles. The van der Waals surface area contributed by atoms with E-state index in [0.29, 0.717) is 22.4 Å². The van der Waals surface area contributed by atoms with Gasteiger partial charge in [0.2, 0.25) is 0 Å². The molecule has 0 saturated heterocycles. The smallest absolute Gasteiger partial charge is 0.277 e. The van der Waals surface area contributed by atoms with E-state index in [4.69, 9.17) is 0 Å². The van der Waals surface area contributed by atoms with E-state index >= 15 is 0 Å². The van der Waals surface area contributed by atoms with Gasteiger partial charge >= 0.3 is 0 Å². The summed E-state index contributed by atoms with van der Waals surface area (Å²) in [5, 5.41) is 7.61. The van der Waals surface area contributed by atoms with Crippen molar-refractivity contribution in [3.05, 3.63) is 47.3 Å². The Morgan fingerprint density at radius 3 is 3.00 bits per heavy atom. The van der Waals surface area contributed by atoms with E-state index in [1.165, 1.54) is 6.33 Å². The third-order valence-corrected chi connectivity index (χ3v) is 3.08. The van der Waals surface area contributed by atoms with Gasteiger partial charge in [-0.2, -0.15) is 5.10 Å². The Bertz CT molecular complexity index is 987. The highest BCUT2D eigenvalue weighted by atomic mass is 16.1. The predicted octanol–water partition coefficient (Wildman–Crippen LogP) is 1.26. The van der Waals surface area contributed by atoms with Gasteiger partial charge in [0, 0.05) is 17.1 Å². The topological polar surface area (TPSA) is 100 Å². The quantitative estimate of drug-likeness (QED) is 0.539. The van der Waals surface area contributed by atoms with E-state index in [2.05, 4.69) is 30.1 Å². The molecule has 20 heavy (non-hydrogen) atoms. The number of nitrogens with zero attached hydrogens (tertiary/aromatic N) is 4. The van der Waals surface area contributed by atoms with E-state index < -0.39 is 0 Å². The fraction of sp³-hybridized carbons (Fsp3) is 0. The van der Waals surface area contributed by atoms with Gasteiger partial charge in [-0.05, 0) is 18.2 Å². The highest BCUT2D eigenvalue weighted by Crippen LogP contribution is 2.21. The molecule has 4 aromatic rings. The molecule has 0 fully saturated rings. The maximum absolute atomic E-state index is 11.7. The van der Waals surface area contributed by atoms with E-state index in [1.54, 1.807) is 18.5 Å². The van der Waals surface area contributed by atoms with Crippen molar-refractivity contribution in [1.29, 1.82) is 0 Å². The fourth-order valence-corrected chi connectivity index (χ4v) is 2.09. The van der Waals surface area contributed by atoms with E-state index in [-0.39, 0.29) is 5.56 Å². The number of nitrogens with one attached hydrogen (secondary N) is 2. The number of fused-ring (bicyclic) bond motifs is 2. The Balaban J connectivity index is 1.96. The Hall–Kier alpha value is -3.09. The van der Waals surface area contributed by atoms with Gasteiger partial charge in [0.05, 0.1) is 23.7 Å². The molecule has 0 aromatic carbocycles. The van der Waals surface area contributed by atoms with Crippen molar-refractivity contribution in [3.63, 3.8) is 0 Å². The monoisotopic (exact) mass is 264 g/mol. The lowest BCUT2D eigenvalue weighted by Gasteiger charge is -2.02. The zero-order valence-electron chi connectivity index (χ0n) is 10.2. The first-order valence-electron chi connectivity index (χ1n) is 5.95. The molecule has 0 spiro atoms. The zero-order chi connectivity index (χ0) is 13.5. The van der Waals surface area contributed by atoms with Crippen LogP contribution in [0.4, 0.5) is 0 Å². The molecule has 7 heteroatoms. The van der Waals surface area contributed by atoms with Crippen LogP contribution in [0, 0.1) is 0 Å². The molecule has 0 atom stereocenters. The molecule has 4 heterocycles. The van der Waals surface area contributed by atoms with Crippen LogP contribution in [0.25, 0.3) is 33.3 Å². The minimum atomic E-state index is -0.255. The van der Waals surface area contributed by atoms with Gasteiger partial charge in [0.25, 0.3) is 5.56 Å². The maximum atomic E-state index is 11.7. The summed E-state index contributed by atoms with van der Waals surface area (Å²) in [5.41, 5.74) is 2.84. The number of aromatic amines is 2. The second-order valence-corrected chi connectivity index (χ2v) is 4.33. The highest BCUT2D eigenvalue weighted by Gasteiger charge is 2.07. The zero-order valence-corrected chi connectivity index (χ0v) is 10.2. The van der Waals surface area contributed by atoms with Crippen LogP contribution >= 0.6 is 0 Å². The molecule has 2 N–H and O–H groups in total. The molecule has 0 aliphatic carbocycles. The average Bonchev–Trinajstić information content (AvgIpc) is 2.95. The van der Waals surface area contributed by atoms with Crippen LogP contribution in [-0.2, 0) is 0 Å². The van der Waals surface area contributed by atoms with Crippen LogP contribution in [0.2, 0.25) is 0 Å². The van der Waals surface area contributed by atoms with Gasteiger partial charge in [-0.15, -0.1) is 0 Å². The first kappa shape index (κ1) is 10.8. The van der Waals surface area contributed by atoms with Gasteiger partial charge in [0.1, 0.15) is 0 Å². The van der Waals surface area contributed by atoms with Crippen LogP contribution in [0.3, 0.4) is 0 Å². The Morgan fingerprint density at radius 2 is 2.05 bits per heavy atom. The minimum absolute atomic E-state index is 0.255. The van der Waals surface area contributed by atoms with Crippen LogP contribution < -0.4 is 5.56 Å². The van der Waals surface area contributed by atoms with Crippen molar-refractivity contribution < 1.29 is 0 Å². The SMILES string of the molecule is O=c1[nH]cnc2ccc(-c3cnc4[nH]ncc4c3)nc12. The second-order valence-electron chi connectivity index (χ2n) is 4.33. The van der Waals surface area contributed by atoms with Gasteiger partial charge in [-0.25, -0.2) is 15.0 Å². The van der Waals surface area contributed by atoms with Crippen LogP contribution in [0.5, 0.6) is 0 Å². The first-order valence-corrected chi connectivity index (χ1v) is 5.95.